The zero-order chi connectivity index (χ0) is 12.6. The summed E-state index contributed by atoms with van der Waals surface area (Å²) in [5, 5.41) is 0. The molecule has 2 nitrogen and oxygen atoms in total. The Morgan fingerprint density at radius 1 is 1.00 bits per heavy atom. The van der Waals surface area contributed by atoms with E-state index >= 15 is 0 Å². The highest BCUT2D eigenvalue weighted by Gasteiger charge is 2.53. The van der Waals surface area contributed by atoms with Crippen molar-refractivity contribution in [1.29, 1.82) is 0 Å². The van der Waals surface area contributed by atoms with Gasteiger partial charge in [-0.2, -0.15) is 0 Å². The maximum atomic E-state index is 6.12. The minimum absolute atomic E-state index is 0.0371. The maximum Gasteiger partial charge on any atom is 0.461 e. The van der Waals surface area contributed by atoms with Crippen LogP contribution in [0.25, 0.3) is 0 Å². The normalized spacial score (nSPS) is 25.1. The van der Waals surface area contributed by atoms with Crippen LogP contribution in [0.2, 0.25) is 5.82 Å². The Balaban J connectivity index is 2.76. The van der Waals surface area contributed by atoms with Crippen LogP contribution < -0.4 is 0 Å². The molecule has 0 amide bonds. The molecule has 0 aromatic rings. The zero-order valence-corrected chi connectivity index (χ0v) is 12.0. The molecule has 0 radical (unpaired) electrons. The Morgan fingerprint density at radius 3 is 1.75 bits per heavy atom. The highest BCUT2D eigenvalue weighted by atomic mass is 16.7. The van der Waals surface area contributed by atoms with Crippen molar-refractivity contribution in [2.24, 2.45) is 5.92 Å². The van der Waals surface area contributed by atoms with Crippen LogP contribution in [0.3, 0.4) is 0 Å². The van der Waals surface area contributed by atoms with Gasteiger partial charge in [-0.1, -0.05) is 33.6 Å². The highest BCUT2D eigenvalue weighted by Crippen LogP contribution is 2.43. The molecule has 16 heavy (non-hydrogen) atoms. The van der Waals surface area contributed by atoms with E-state index in [4.69, 9.17) is 9.31 Å². The van der Waals surface area contributed by atoms with Crippen LogP contribution in [0.15, 0.2) is 0 Å². The molecule has 1 rings (SSSR count). The van der Waals surface area contributed by atoms with Gasteiger partial charge in [0.1, 0.15) is 0 Å². The third-order valence-electron chi connectivity index (χ3n) is 4.10. The van der Waals surface area contributed by atoms with E-state index in [0.29, 0.717) is 11.7 Å². The highest BCUT2D eigenvalue weighted by molar-refractivity contribution is 6.47. The third kappa shape index (κ3) is 2.62. The average molecular weight is 226 g/mol. The van der Waals surface area contributed by atoms with Crippen LogP contribution in [0, 0.1) is 5.92 Å². The van der Waals surface area contributed by atoms with Crippen LogP contribution in [-0.4, -0.2) is 18.3 Å². The third-order valence-corrected chi connectivity index (χ3v) is 4.10. The van der Waals surface area contributed by atoms with Crippen LogP contribution >= 0.6 is 0 Å². The lowest BCUT2D eigenvalue weighted by atomic mass is 9.64. The summed E-state index contributed by atoms with van der Waals surface area (Å²) in [6, 6.07) is 0. The molecular formula is C13H27BO2. The van der Waals surface area contributed by atoms with Crippen molar-refractivity contribution >= 4 is 7.12 Å². The fourth-order valence-electron chi connectivity index (χ4n) is 2.18. The lowest BCUT2D eigenvalue weighted by Crippen LogP contribution is -2.41. The number of rotatable bonds is 4. The first kappa shape index (κ1) is 14.0. The monoisotopic (exact) mass is 226 g/mol. The summed E-state index contributed by atoms with van der Waals surface area (Å²) in [5.41, 5.74) is -0.392. The van der Waals surface area contributed by atoms with Crippen molar-refractivity contribution in [3.8, 4) is 0 Å². The van der Waals surface area contributed by atoms with Crippen LogP contribution in [0.5, 0.6) is 0 Å². The molecule has 0 saturated carbocycles. The Bertz CT molecular complexity index is 220. The second kappa shape index (κ2) is 4.69. The average Bonchev–Trinajstić information content (AvgIpc) is 2.31. The number of hydrogen-bond acceptors (Lipinski definition) is 2. The van der Waals surface area contributed by atoms with Crippen molar-refractivity contribution in [3.05, 3.63) is 0 Å². The first-order chi connectivity index (χ1) is 7.21. The van der Waals surface area contributed by atoms with Gasteiger partial charge in [0.15, 0.2) is 0 Å². The SMILES string of the molecule is CCC[C@H](B1OC(C)(C)C(C)(C)O1)C(C)C. The van der Waals surface area contributed by atoms with Crippen molar-refractivity contribution in [1.82, 2.24) is 0 Å². The van der Waals surface area contributed by atoms with E-state index in [-0.39, 0.29) is 18.3 Å². The van der Waals surface area contributed by atoms with Crippen molar-refractivity contribution in [2.75, 3.05) is 0 Å². The van der Waals surface area contributed by atoms with Crippen molar-refractivity contribution in [3.63, 3.8) is 0 Å². The molecule has 94 valence electrons. The van der Waals surface area contributed by atoms with Gasteiger partial charge in [-0.3, -0.25) is 0 Å². The molecule has 0 aromatic carbocycles. The molecule has 0 bridgehead atoms. The zero-order valence-electron chi connectivity index (χ0n) is 12.0. The minimum atomic E-state index is -0.196. The second-order valence-corrected chi connectivity index (χ2v) is 6.32. The summed E-state index contributed by atoms with van der Waals surface area (Å²) in [7, 11) is -0.0371. The predicted octanol–water partition coefficient (Wildman–Crippen LogP) is 3.90. The lowest BCUT2D eigenvalue weighted by molar-refractivity contribution is 0.00578. The fourth-order valence-corrected chi connectivity index (χ4v) is 2.18. The van der Waals surface area contributed by atoms with E-state index in [2.05, 4.69) is 48.5 Å². The van der Waals surface area contributed by atoms with Gasteiger partial charge < -0.3 is 9.31 Å². The predicted molar refractivity (Wildman–Crippen MR) is 69.6 cm³/mol. The van der Waals surface area contributed by atoms with E-state index in [1.807, 2.05) is 0 Å². The van der Waals surface area contributed by atoms with Gasteiger partial charge in [-0.15, -0.1) is 0 Å². The van der Waals surface area contributed by atoms with E-state index in [0.717, 1.165) is 0 Å². The fraction of sp³-hybridized carbons (Fsp3) is 1.00. The summed E-state index contributed by atoms with van der Waals surface area (Å²) >= 11 is 0. The van der Waals surface area contributed by atoms with Gasteiger partial charge in [0.2, 0.25) is 0 Å². The van der Waals surface area contributed by atoms with Gasteiger partial charge >= 0.3 is 7.12 Å². The molecule has 3 heteroatoms. The largest absolute Gasteiger partial charge is 0.461 e. The molecule has 1 heterocycles. The van der Waals surface area contributed by atoms with Crippen molar-refractivity contribution in [2.45, 2.75) is 78.3 Å². The van der Waals surface area contributed by atoms with Crippen molar-refractivity contribution < 1.29 is 9.31 Å². The van der Waals surface area contributed by atoms with Crippen LogP contribution in [-0.2, 0) is 9.31 Å². The van der Waals surface area contributed by atoms with E-state index in [9.17, 15) is 0 Å². The molecule has 1 aliphatic rings. The first-order valence-corrected chi connectivity index (χ1v) is 6.57. The smallest absolute Gasteiger partial charge is 0.403 e. The Labute approximate surface area is 101 Å². The summed E-state index contributed by atoms with van der Waals surface area (Å²) in [5.74, 6) is 1.11. The van der Waals surface area contributed by atoms with Gasteiger partial charge in [0.25, 0.3) is 0 Å². The topological polar surface area (TPSA) is 18.5 Å². The molecule has 1 fully saturated rings. The first-order valence-electron chi connectivity index (χ1n) is 6.57. The van der Waals surface area contributed by atoms with Crippen LogP contribution in [0.4, 0.5) is 0 Å². The molecule has 0 aromatic heterocycles. The van der Waals surface area contributed by atoms with E-state index in [1.54, 1.807) is 0 Å². The Hall–Kier alpha value is -0.0151. The quantitative estimate of drug-likeness (QED) is 0.676. The standard InChI is InChI=1S/C13H27BO2/c1-8-9-11(10(2)3)14-15-12(4,5)13(6,7)16-14/h10-11H,8-9H2,1-7H3/t11-/m0/s1. The summed E-state index contributed by atoms with van der Waals surface area (Å²) < 4.78 is 12.2. The molecule has 1 atom stereocenters. The molecule has 0 aliphatic carbocycles. The van der Waals surface area contributed by atoms with E-state index < -0.39 is 0 Å². The molecule has 0 N–H and O–H groups in total. The summed E-state index contributed by atoms with van der Waals surface area (Å²) in [6.07, 6.45) is 2.36. The lowest BCUT2D eigenvalue weighted by Gasteiger charge is -2.32. The summed E-state index contributed by atoms with van der Waals surface area (Å²) in [4.78, 5) is 0. The molecule has 1 saturated heterocycles. The molecule has 0 spiro atoms. The van der Waals surface area contributed by atoms with Gasteiger partial charge in [0.05, 0.1) is 11.2 Å². The maximum absolute atomic E-state index is 6.12. The van der Waals surface area contributed by atoms with Gasteiger partial charge in [0, 0.05) is 0 Å². The van der Waals surface area contributed by atoms with Gasteiger partial charge in [-0.25, -0.2) is 0 Å². The number of hydrogen-bond donors (Lipinski definition) is 0. The Morgan fingerprint density at radius 2 is 1.44 bits per heavy atom. The summed E-state index contributed by atoms with van der Waals surface area (Å²) in [6.45, 7) is 15.2. The minimum Gasteiger partial charge on any atom is -0.403 e. The molecular weight excluding hydrogens is 199 g/mol. The van der Waals surface area contributed by atoms with Crippen LogP contribution in [0.1, 0.15) is 61.3 Å². The Kier molecular flexibility index (Phi) is 4.12. The molecule has 0 unspecified atom stereocenters. The second-order valence-electron chi connectivity index (χ2n) is 6.32. The van der Waals surface area contributed by atoms with E-state index in [1.165, 1.54) is 12.8 Å². The molecule has 1 aliphatic heterocycles. The van der Waals surface area contributed by atoms with Gasteiger partial charge in [-0.05, 0) is 39.4 Å².